The van der Waals surface area contributed by atoms with Gasteiger partial charge in [0.2, 0.25) is 0 Å². The fourth-order valence-electron chi connectivity index (χ4n) is 4.79. The number of rotatable bonds is 11. The third kappa shape index (κ3) is 8.23. The molecular formula is C31H32N2O7. The number of nitro groups is 1. The van der Waals surface area contributed by atoms with Crippen molar-refractivity contribution in [3.05, 3.63) is 111 Å². The number of amides is 1. The molecule has 0 bridgehead atoms. The second-order valence-corrected chi connectivity index (χ2v) is 9.87. The van der Waals surface area contributed by atoms with Crippen LogP contribution in [0.5, 0.6) is 0 Å². The first-order valence-electron chi connectivity index (χ1n) is 13.4. The van der Waals surface area contributed by atoms with Gasteiger partial charge in [-0.05, 0) is 35.4 Å². The zero-order valence-electron chi connectivity index (χ0n) is 22.1. The average Bonchev–Trinajstić information content (AvgIpc) is 2.99. The first-order valence-corrected chi connectivity index (χ1v) is 13.4. The smallest absolute Gasteiger partial charge is 0.408 e. The van der Waals surface area contributed by atoms with Crippen LogP contribution in [0.3, 0.4) is 0 Å². The molecule has 40 heavy (non-hydrogen) atoms. The average molecular weight is 545 g/mol. The van der Waals surface area contributed by atoms with Gasteiger partial charge in [-0.1, -0.05) is 86.0 Å². The van der Waals surface area contributed by atoms with Crippen LogP contribution < -0.4 is 5.32 Å². The van der Waals surface area contributed by atoms with E-state index in [0.29, 0.717) is 17.0 Å². The van der Waals surface area contributed by atoms with E-state index in [2.05, 4.69) is 5.32 Å². The number of esters is 1. The highest BCUT2D eigenvalue weighted by Gasteiger charge is 2.25. The molecule has 1 N–H and O–H groups in total. The van der Waals surface area contributed by atoms with E-state index in [0.717, 1.165) is 18.4 Å². The number of hydrogen-bond acceptors (Lipinski definition) is 7. The predicted octanol–water partition coefficient (Wildman–Crippen LogP) is 5.91. The summed E-state index contributed by atoms with van der Waals surface area (Å²) in [5.74, 6) is -0.657. The minimum absolute atomic E-state index is 0.00130. The van der Waals surface area contributed by atoms with Crippen LogP contribution in [-0.4, -0.2) is 35.4 Å². The van der Waals surface area contributed by atoms with Crippen molar-refractivity contribution >= 4 is 23.5 Å². The van der Waals surface area contributed by atoms with E-state index in [9.17, 15) is 24.5 Å². The van der Waals surface area contributed by atoms with Gasteiger partial charge in [-0.3, -0.25) is 14.9 Å². The van der Waals surface area contributed by atoms with Crippen LogP contribution in [0.1, 0.15) is 65.1 Å². The number of ether oxygens (including phenoxy) is 2. The minimum Gasteiger partial charge on any atom is -0.456 e. The fourth-order valence-corrected chi connectivity index (χ4v) is 4.79. The number of nitrogens with zero attached hydrogens (tertiary/aromatic N) is 1. The summed E-state index contributed by atoms with van der Waals surface area (Å²) in [5.41, 5.74) is 2.88. The molecule has 1 amide bonds. The number of carbonyl (C=O) groups is 3. The zero-order chi connectivity index (χ0) is 28.3. The summed E-state index contributed by atoms with van der Waals surface area (Å²) >= 11 is 0. The Morgan fingerprint density at radius 2 is 1.52 bits per heavy atom. The van der Waals surface area contributed by atoms with Gasteiger partial charge in [-0.25, -0.2) is 9.59 Å². The SMILES string of the molecule is O=C(N[C@@H](Cc1ccc([N+](=O)[O-])cc1)C(=O)OCC(=O)c1ccc(C2CCCCC2)cc1)OCc1ccccc1. The highest BCUT2D eigenvalue weighted by atomic mass is 16.6. The van der Waals surface area contributed by atoms with Crippen molar-refractivity contribution in [1.82, 2.24) is 5.32 Å². The third-order valence-electron chi connectivity index (χ3n) is 7.03. The molecular weight excluding hydrogens is 512 g/mol. The molecule has 1 aliphatic carbocycles. The van der Waals surface area contributed by atoms with Crippen molar-refractivity contribution in [2.24, 2.45) is 0 Å². The van der Waals surface area contributed by atoms with Gasteiger partial charge in [0.15, 0.2) is 12.4 Å². The van der Waals surface area contributed by atoms with Crippen LogP contribution >= 0.6 is 0 Å². The summed E-state index contributed by atoms with van der Waals surface area (Å²) in [6, 6.07) is 20.9. The van der Waals surface area contributed by atoms with Crippen molar-refractivity contribution in [3.8, 4) is 0 Å². The Hall–Kier alpha value is -4.53. The number of nitro benzene ring substituents is 1. The van der Waals surface area contributed by atoms with Crippen molar-refractivity contribution in [1.29, 1.82) is 0 Å². The molecule has 3 aromatic carbocycles. The molecule has 4 rings (SSSR count). The molecule has 1 saturated carbocycles. The Morgan fingerprint density at radius 1 is 0.850 bits per heavy atom. The molecule has 0 heterocycles. The lowest BCUT2D eigenvalue weighted by Crippen LogP contribution is -2.44. The summed E-state index contributed by atoms with van der Waals surface area (Å²) in [6.07, 6.45) is 5.16. The molecule has 0 saturated heterocycles. The number of hydrogen-bond donors (Lipinski definition) is 1. The molecule has 9 heteroatoms. The monoisotopic (exact) mass is 544 g/mol. The number of non-ortho nitro benzene ring substituents is 1. The van der Waals surface area contributed by atoms with Gasteiger partial charge in [0, 0.05) is 24.1 Å². The first kappa shape index (κ1) is 28.5. The number of nitrogens with one attached hydrogen (secondary N) is 1. The fraction of sp³-hybridized carbons (Fsp3) is 0.323. The molecule has 1 aliphatic rings. The molecule has 0 aromatic heterocycles. The lowest BCUT2D eigenvalue weighted by Gasteiger charge is -2.22. The van der Waals surface area contributed by atoms with Crippen molar-refractivity contribution in [2.45, 2.75) is 57.1 Å². The number of Topliss-reactive ketones (excluding diaryl/α,β-unsaturated/α-hetero) is 1. The Morgan fingerprint density at radius 3 is 2.17 bits per heavy atom. The van der Waals surface area contributed by atoms with Crippen LogP contribution in [0.15, 0.2) is 78.9 Å². The van der Waals surface area contributed by atoms with E-state index in [4.69, 9.17) is 9.47 Å². The van der Waals surface area contributed by atoms with Gasteiger partial charge in [0.05, 0.1) is 4.92 Å². The summed E-state index contributed by atoms with van der Waals surface area (Å²) < 4.78 is 10.5. The third-order valence-corrected chi connectivity index (χ3v) is 7.03. The Kier molecular flexibility index (Phi) is 9.99. The molecule has 0 aliphatic heterocycles. The maximum atomic E-state index is 13.0. The maximum Gasteiger partial charge on any atom is 0.408 e. The van der Waals surface area contributed by atoms with Crippen molar-refractivity contribution in [3.63, 3.8) is 0 Å². The molecule has 0 spiro atoms. The lowest BCUT2D eigenvalue weighted by molar-refractivity contribution is -0.384. The highest BCUT2D eigenvalue weighted by Crippen LogP contribution is 2.32. The van der Waals surface area contributed by atoms with Crippen molar-refractivity contribution in [2.75, 3.05) is 6.61 Å². The quantitative estimate of drug-likeness (QED) is 0.138. The van der Waals surface area contributed by atoms with Gasteiger partial charge in [0.25, 0.3) is 5.69 Å². The second kappa shape index (κ2) is 14.0. The standard InChI is InChI=1S/C31H32N2O7/c34-29(26-15-13-25(14-16-26)24-9-5-2-6-10-24)21-39-30(35)28(19-22-11-17-27(18-12-22)33(37)38)32-31(36)40-20-23-7-3-1-4-8-23/h1,3-4,7-8,11-18,24,28H,2,5-6,9-10,19-21H2,(H,32,36)/t28-/m0/s1. The summed E-state index contributed by atoms with van der Waals surface area (Å²) in [4.78, 5) is 48.7. The summed E-state index contributed by atoms with van der Waals surface area (Å²) in [5, 5.41) is 13.5. The molecule has 0 radical (unpaired) electrons. The zero-order valence-corrected chi connectivity index (χ0v) is 22.1. The van der Waals surface area contributed by atoms with E-state index in [-0.39, 0.29) is 24.5 Å². The summed E-state index contributed by atoms with van der Waals surface area (Å²) in [7, 11) is 0. The number of ketones is 1. The number of alkyl carbamates (subject to hydrolysis) is 1. The van der Waals surface area contributed by atoms with Crippen LogP contribution in [0.25, 0.3) is 0 Å². The highest BCUT2D eigenvalue weighted by molar-refractivity contribution is 5.98. The van der Waals surface area contributed by atoms with Crippen LogP contribution in [0, 0.1) is 10.1 Å². The predicted molar refractivity (Wildman–Crippen MR) is 148 cm³/mol. The van der Waals surface area contributed by atoms with E-state index in [1.54, 1.807) is 24.3 Å². The Bertz CT molecular complexity index is 1300. The van der Waals surface area contributed by atoms with E-state index < -0.39 is 29.6 Å². The topological polar surface area (TPSA) is 125 Å². The first-order chi connectivity index (χ1) is 19.4. The molecule has 9 nitrogen and oxygen atoms in total. The lowest BCUT2D eigenvalue weighted by atomic mass is 9.84. The number of carbonyl (C=O) groups excluding carboxylic acids is 3. The van der Waals surface area contributed by atoms with E-state index in [1.807, 2.05) is 30.3 Å². The van der Waals surface area contributed by atoms with Gasteiger partial charge in [-0.15, -0.1) is 0 Å². The van der Waals surface area contributed by atoms with E-state index >= 15 is 0 Å². The number of benzene rings is 3. The second-order valence-electron chi connectivity index (χ2n) is 9.87. The van der Waals surface area contributed by atoms with E-state index in [1.165, 1.54) is 49.1 Å². The normalized spacial score (nSPS) is 14.1. The Balaban J connectivity index is 1.37. The van der Waals surface area contributed by atoms with Gasteiger partial charge >= 0.3 is 12.1 Å². The minimum atomic E-state index is -1.17. The maximum absolute atomic E-state index is 13.0. The molecule has 1 fully saturated rings. The molecule has 1 atom stereocenters. The largest absolute Gasteiger partial charge is 0.456 e. The van der Waals surface area contributed by atoms with Crippen molar-refractivity contribution < 1.29 is 28.8 Å². The summed E-state index contributed by atoms with van der Waals surface area (Å²) in [6.45, 7) is -0.486. The molecule has 0 unspecified atom stereocenters. The van der Waals surface area contributed by atoms with Gasteiger partial charge < -0.3 is 14.8 Å². The molecule has 3 aromatic rings. The van der Waals surface area contributed by atoms with Gasteiger partial charge in [-0.2, -0.15) is 0 Å². The van der Waals surface area contributed by atoms with Gasteiger partial charge in [0.1, 0.15) is 12.6 Å². The Labute approximate surface area is 232 Å². The van der Waals surface area contributed by atoms with Crippen LogP contribution in [-0.2, 0) is 27.3 Å². The van der Waals surface area contributed by atoms with Crippen LogP contribution in [0.2, 0.25) is 0 Å². The molecule has 208 valence electrons. The van der Waals surface area contributed by atoms with Crippen LogP contribution in [0.4, 0.5) is 10.5 Å².